The highest BCUT2D eigenvalue weighted by molar-refractivity contribution is 9.13. The first kappa shape index (κ1) is 15.6. The Morgan fingerprint density at radius 3 is 2.08 bits per heavy atom. The molecule has 0 aliphatic carbocycles. The van der Waals surface area contributed by atoms with Crippen LogP contribution in [0.4, 0.5) is 0 Å². The molecule has 0 N–H and O–H groups in total. The fourth-order valence-corrected chi connectivity index (χ4v) is 3.93. The third-order valence-corrected chi connectivity index (χ3v) is 6.22. The first-order valence-electron chi connectivity index (χ1n) is 7.63. The van der Waals surface area contributed by atoms with Gasteiger partial charge in [-0.05, 0) is 55.1 Å². The number of pyridine rings is 1. The summed E-state index contributed by atoms with van der Waals surface area (Å²) in [7, 11) is 0. The average molecular weight is 439 g/mol. The van der Waals surface area contributed by atoms with E-state index in [-0.39, 0.29) is 0 Å². The van der Waals surface area contributed by atoms with E-state index in [9.17, 15) is 0 Å². The second-order valence-electron chi connectivity index (χ2n) is 5.54. The lowest BCUT2D eigenvalue weighted by molar-refractivity contribution is 1.38. The Morgan fingerprint density at radius 1 is 0.583 bits per heavy atom. The van der Waals surface area contributed by atoms with Crippen molar-refractivity contribution in [1.29, 1.82) is 0 Å². The maximum Gasteiger partial charge on any atom is 0.0721 e. The fraction of sp³-hybridized carbons (Fsp3) is 0. The summed E-state index contributed by atoms with van der Waals surface area (Å²) in [6, 6.07) is 27.0. The molecule has 0 unspecified atom stereocenters. The Kier molecular flexibility index (Phi) is 4.21. The number of fused-ring (bicyclic) bond motifs is 1. The smallest absolute Gasteiger partial charge is 0.0721 e. The van der Waals surface area contributed by atoms with Crippen LogP contribution in [-0.4, -0.2) is 4.98 Å². The van der Waals surface area contributed by atoms with Gasteiger partial charge in [0.2, 0.25) is 0 Å². The lowest BCUT2D eigenvalue weighted by Crippen LogP contribution is -1.89. The highest BCUT2D eigenvalue weighted by Crippen LogP contribution is 2.40. The molecule has 1 heterocycles. The molecule has 3 aromatic carbocycles. The molecule has 0 aliphatic rings. The summed E-state index contributed by atoms with van der Waals surface area (Å²) < 4.78 is 2.06. The number of benzene rings is 3. The minimum Gasteiger partial charge on any atom is -0.248 e. The largest absolute Gasteiger partial charge is 0.248 e. The Morgan fingerprint density at radius 2 is 1.25 bits per heavy atom. The second-order valence-corrected chi connectivity index (χ2v) is 7.13. The van der Waals surface area contributed by atoms with Crippen molar-refractivity contribution in [3.63, 3.8) is 0 Å². The van der Waals surface area contributed by atoms with Gasteiger partial charge in [-0.2, -0.15) is 0 Å². The Balaban J connectivity index is 1.85. The Labute approximate surface area is 157 Å². The van der Waals surface area contributed by atoms with Crippen molar-refractivity contribution >= 4 is 42.8 Å². The van der Waals surface area contributed by atoms with Crippen molar-refractivity contribution in [1.82, 2.24) is 4.98 Å². The van der Waals surface area contributed by atoms with Crippen LogP contribution < -0.4 is 0 Å². The zero-order valence-electron chi connectivity index (χ0n) is 12.7. The maximum absolute atomic E-state index is 4.80. The lowest BCUT2D eigenvalue weighted by Gasteiger charge is -2.12. The molecule has 4 rings (SSSR count). The summed E-state index contributed by atoms with van der Waals surface area (Å²) in [5.41, 5.74) is 5.38. The number of aromatic nitrogens is 1. The highest BCUT2D eigenvalue weighted by atomic mass is 79.9. The fourth-order valence-electron chi connectivity index (χ4n) is 2.80. The van der Waals surface area contributed by atoms with E-state index in [1.54, 1.807) is 0 Å². The number of para-hydroxylation sites is 1. The van der Waals surface area contributed by atoms with E-state index in [4.69, 9.17) is 4.98 Å². The highest BCUT2D eigenvalue weighted by Gasteiger charge is 2.13. The molecule has 116 valence electrons. The number of rotatable bonds is 2. The average Bonchev–Trinajstić information content (AvgIpc) is 2.64. The van der Waals surface area contributed by atoms with Gasteiger partial charge in [0.25, 0.3) is 0 Å². The van der Waals surface area contributed by atoms with Crippen molar-refractivity contribution in [2.45, 2.75) is 0 Å². The molecule has 0 aliphatic heterocycles. The van der Waals surface area contributed by atoms with Crippen molar-refractivity contribution in [3.8, 4) is 22.4 Å². The van der Waals surface area contributed by atoms with Crippen LogP contribution in [0.15, 0.2) is 87.8 Å². The van der Waals surface area contributed by atoms with E-state index in [2.05, 4.69) is 86.5 Å². The standard InChI is InChI=1S/C21H13Br2N/c22-20-16(14-6-2-1-3-7-14)11-12-17(21(20)23)19-13-10-15-8-4-5-9-18(15)24-19/h1-13H. The van der Waals surface area contributed by atoms with Gasteiger partial charge in [0.15, 0.2) is 0 Å². The Hall–Kier alpha value is -1.97. The molecule has 3 heteroatoms. The third kappa shape index (κ3) is 2.79. The summed E-state index contributed by atoms with van der Waals surface area (Å²) in [5.74, 6) is 0. The number of halogens is 2. The van der Waals surface area contributed by atoms with Gasteiger partial charge in [0.05, 0.1) is 11.2 Å². The lowest BCUT2D eigenvalue weighted by atomic mass is 10.0. The summed E-state index contributed by atoms with van der Waals surface area (Å²) in [6.45, 7) is 0. The molecule has 1 nitrogen and oxygen atoms in total. The predicted molar refractivity (Wildman–Crippen MR) is 108 cm³/mol. The van der Waals surface area contributed by atoms with Gasteiger partial charge in [-0.25, -0.2) is 4.98 Å². The molecule has 0 amide bonds. The minimum absolute atomic E-state index is 0.959. The molecule has 0 saturated heterocycles. The molecule has 24 heavy (non-hydrogen) atoms. The molecular weight excluding hydrogens is 426 g/mol. The van der Waals surface area contributed by atoms with Crippen LogP contribution in [0.1, 0.15) is 0 Å². The van der Waals surface area contributed by atoms with E-state index >= 15 is 0 Å². The summed E-state index contributed by atoms with van der Waals surface area (Å²) in [4.78, 5) is 4.80. The maximum atomic E-state index is 4.80. The molecule has 0 spiro atoms. The second kappa shape index (κ2) is 6.50. The summed E-state index contributed by atoms with van der Waals surface area (Å²) >= 11 is 7.48. The molecule has 0 saturated carbocycles. The SMILES string of the molecule is Brc1c(-c2ccccc2)ccc(-c2ccc3ccccc3n2)c1Br. The Bertz CT molecular complexity index is 1030. The monoisotopic (exact) mass is 437 g/mol. The molecule has 0 atom stereocenters. The molecule has 0 bridgehead atoms. The first-order chi connectivity index (χ1) is 11.7. The van der Waals surface area contributed by atoms with Crippen LogP contribution in [0.3, 0.4) is 0 Å². The van der Waals surface area contributed by atoms with Gasteiger partial charge in [0, 0.05) is 19.9 Å². The number of hydrogen-bond donors (Lipinski definition) is 0. The van der Waals surface area contributed by atoms with E-state index in [0.29, 0.717) is 0 Å². The van der Waals surface area contributed by atoms with Gasteiger partial charge in [-0.1, -0.05) is 66.7 Å². The van der Waals surface area contributed by atoms with Crippen molar-refractivity contribution < 1.29 is 0 Å². The number of nitrogens with zero attached hydrogens (tertiary/aromatic N) is 1. The summed E-state index contributed by atoms with van der Waals surface area (Å²) in [6.07, 6.45) is 0. The van der Waals surface area contributed by atoms with Crippen molar-refractivity contribution in [2.24, 2.45) is 0 Å². The molecule has 0 fully saturated rings. The van der Waals surface area contributed by atoms with E-state index in [0.717, 1.165) is 36.7 Å². The van der Waals surface area contributed by atoms with Crippen LogP contribution in [0, 0.1) is 0 Å². The quantitative estimate of drug-likeness (QED) is 0.325. The van der Waals surface area contributed by atoms with E-state index in [1.807, 2.05) is 24.3 Å². The van der Waals surface area contributed by atoms with Crippen LogP contribution in [-0.2, 0) is 0 Å². The van der Waals surface area contributed by atoms with Crippen LogP contribution in [0.5, 0.6) is 0 Å². The van der Waals surface area contributed by atoms with Crippen molar-refractivity contribution in [3.05, 3.63) is 87.8 Å². The first-order valence-corrected chi connectivity index (χ1v) is 9.22. The van der Waals surface area contributed by atoms with Gasteiger partial charge < -0.3 is 0 Å². The predicted octanol–water partition coefficient (Wildman–Crippen LogP) is 7.09. The minimum atomic E-state index is 0.959. The zero-order chi connectivity index (χ0) is 16.5. The van der Waals surface area contributed by atoms with Crippen LogP contribution in [0.2, 0.25) is 0 Å². The van der Waals surface area contributed by atoms with E-state index in [1.165, 1.54) is 5.56 Å². The van der Waals surface area contributed by atoms with Gasteiger partial charge in [-0.15, -0.1) is 0 Å². The summed E-state index contributed by atoms with van der Waals surface area (Å²) in [5, 5.41) is 1.15. The zero-order valence-corrected chi connectivity index (χ0v) is 15.9. The normalized spacial score (nSPS) is 10.9. The number of hydrogen-bond acceptors (Lipinski definition) is 1. The third-order valence-electron chi connectivity index (χ3n) is 4.04. The molecular formula is C21H13Br2N. The molecule has 0 radical (unpaired) electrons. The van der Waals surface area contributed by atoms with Gasteiger partial charge in [-0.3, -0.25) is 0 Å². The van der Waals surface area contributed by atoms with Crippen molar-refractivity contribution in [2.75, 3.05) is 0 Å². The van der Waals surface area contributed by atoms with E-state index < -0.39 is 0 Å². The van der Waals surface area contributed by atoms with Crippen LogP contribution in [0.25, 0.3) is 33.3 Å². The molecule has 4 aromatic rings. The van der Waals surface area contributed by atoms with Gasteiger partial charge >= 0.3 is 0 Å². The topological polar surface area (TPSA) is 12.9 Å². The van der Waals surface area contributed by atoms with Gasteiger partial charge in [0.1, 0.15) is 0 Å². The molecule has 1 aromatic heterocycles. The van der Waals surface area contributed by atoms with Crippen LogP contribution >= 0.6 is 31.9 Å².